The largest absolute Gasteiger partial charge is 0.397 e. The van der Waals surface area contributed by atoms with Crippen LogP contribution in [0.25, 0.3) is 5.69 Å². The number of nitrogens with two attached hydrogens (primary N) is 1. The van der Waals surface area contributed by atoms with Crippen LogP contribution in [0.4, 0.5) is 5.69 Å². The zero-order valence-electron chi connectivity index (χ0n) is 12.3. The summed E-state index contributed by atoms with van der Waals surface area (Å²) in [6.07, 6.45) is 2.92. The Balaban J connectivity index is 1.67. The highest BCUT2D eigenvalue weighted by atomic mass is 16.1. The van der Waals surface area contributed by atoms with Crippen LogP contribution in [0, 0.1) is 11.3 Å². The summed E-state index contributed by atoms with van der Waals surface area (Å²) in [5.41, 5.74) is 8.10. The van der Waals surface area contributed by atoms with E-state index in [-0.39, 0.29) is 5.91 Å². The average molecular weight is 284 g/mol. The molecule has 1 aliphatic rings. The number of para-hydroxylation sites is 2. The van der Waals surface area contributed by atoms with E-state index in [1.807, 2.05) is 24.3 Å². The molecule has 0 radical (unpaired) electrons. The lowest BCUT2D eigenvalue weighted by Crippen LogP contribution is -2.27. The maximum absolute atomic E-state index is 12.1. The minimum Gasteiger partial charge on any atom is -0.397 e. The SMILES string of the molecule is CC1(C)CC1CNC(=O)c1ccn(-c2ccccc2N)n1. The average Bonchev–Trinajstić information content (AvgIpc) is 2.88. The molecule has 1 unspecified atom stereocenters. The van der Waals surface area contributed by atoms with E-state index in [1.165, 1.54) is 6.42 Å². The molecule has 1 fully saturated rings. The molecule has 3 N–H and O–H groups in total. The Kier molecular flexibility index (Phi) is 3.20. The number of amides is 1. The van der Waals surface area contributed by atoms with Crippen molar-refractivity contribution in [1.29, 1.82) is 0 Å². The summed E-state index contributed by atoms with van der Waals surface area (Å²) >= 11 is 0. The number of benzene rings is 1. The molecule has 1 heterocycles. The van der Waals surface area contributed by atoms with Crippen LogP contribution < -0.4 is 11.1 Å². The minimum atomic E-state index is -0.133. The molecule has 0 aliphatic heterocycles. The highest BCUT2D eigenvalue weighted by molar-refractivity contribution is 5.92. The van der Waals surface area contributed by atoms with E-state index >= 15 is 0 Å². The molecule has 1 saturated carbocycles. The predicted molar refractivity (Wildman–Crippen MR) is 82.2 cm³/mol. The van der Waals surface area contributed by atoms with Gasteiger partial charge >= 0.3 is 0 Å². The minimum absolute atomic E-state index is 0.133. The molecular formula is C16H20N4O. The Labute approximate surface area is 124 Å². The summed E-state index contributed by atoms with van der Waals surface area (Å²) < 4.78 is 1.63. The fraction of sp³-hybridized carbons (Fsp3) is 0.375. The van der Waals surface area contributed by atoms with Crippen LogP contribution in [0.2, 0.25) is 0 Å². The maximum atomic E-state index is 12.1. The van der Waals surface area contributed by atoms with Gasteiger partial charge in [-0.3, -0.25) is 4.79 Å². The molecule has 21 heavy (non-hydrogen) atoms. The summed E-state index contributed by atoms with van der Waals surface area (Å²) in [7, 11) is 0. The number of carbonyl (C=O) groups excluding carboxylic acids is 1. The monoisotopic (exact) mass is 284 g/mol. The summed E-state index contributed by atoms with van der Waals surface area (Å²) in [4.78, 5) is 12.1. The number of rotatable bonds is 4. The third-order valence-corrected chi connectivity index (χ3v) is 4.23. The molecule has 110 valence electrons. The quantitative estimate of drug-likeness (QED) is 0.846. The van der Waals surface area contributed by atoms with E-state index in [2.05, 4.69) is 24.3 Å². The summed E-state index contributed by atoms with van der Waals surface area (Å²) in [5.74, 6) is 0.444. The number of nitrogens with one attached hydrogen (secondary N) is 1. The Morgan fingerprint density at radius 2 is 2.14 bits per heavy atom. The topological polar surface area (TPSA) is 72.9 Å². The van der Waals surface area contributed by atoms with Crippen molar-refractivity contribution in [1.82, 2.24) is 15.1 Å². The van der Waals surface area contributed by atoms with Crippen LogP contribution in [-0.4, -0.2) is 22.2 Å². The molecular weight excluding hydrogens is 264 g/mol. The first-order valence-electron chi connectivity index (χ1n) is 7.16. The predicted octanol–water partition coefficient (Wildman–Crippen LogP) is 2.23. The van der Waals surface area contributed by atoms with Crippen molar-refractivity contribution in [3.05, 3.63) is 42.2 Å². The highest BCUT2D eigenvalue weighted by Gasteiger charge is 2.45. The molecule has 1 atom stereocenters. The van der Waals surface area contributed by atoms with Crippen LogP contribution in [0.3, 0.4) is 0 Å². The Morgan fingerprint density at radius 3 is 2.81 bits per heavy atom. The zero-order chi connectivity index (χ0) is 15.0. The van der Waals surface area contributed by atoms with Crippen molar-refractivity contribution < 1.29 is 4.79 Å². The maximum Gasteiger partial charge on any atom is 0.271 e. The molecule has 5 heteroatoms. The van der Waals surface area contributed by atoms with Crippen LogP contribution in [-0.2, 0) is 0 Å². The van der Waals surface area contributed by atoms with Crippen molar-refractivity contribution in [2.45, 2.75) is 20.3 Å². The number of nitrogens with zero attached hydrogens (tertiary/aromatic N) is 2. The van der Waals surface area contributed by atoms with Crippen molar-refractivity contribution in [2.24, 2.45) is 11.3 Å². The second-order valence-corrected chi connectivity index (χ2v) is 6.30. The fourth-order valence-electron chi connectivity index (χ4n) is 2.51. The second-order valence-electron chi connectivity index (χ2n) is 6.30. The van der Waals surface area contributed by atoms with Gasteiger partial charge in [-0.15, -0.1) is 0 Å². The molecule has 0 bridgehead atoms. The number of anilines is 1. The third-order valence-electron chi connectivity index (χ3n) is 4.23. The molecule has 3 rings (SSSR count). The molecule has 1 aromatic heterocycles. The van der Waals surface area contributed by atoms with E-state index in [1.54, 1.807) is 16.9 Å². The van der Waals surface area contributed by atoms with Crippen LogP contribution in [0.5, 0.6) is 0 Å². The van der Waals surface area contributed by atoms with Crippen LogP contribution in [0.1, 0.15) is 30.8 Å². The van der Waals surface area contributed by atoms with Crippen LogP contribution in [0.15, 0.2) is 36.5 Å². The normalized spacial score (nSPS) is 19.2. The zero-order valence-corrected chi connectivity index (χ0v) is 12.3. The highest BCUT2D eigenvalue weighted by Crippen LogP contribution is 2.50. The first-order valence-corrected chi connectivity index (χ1v) is 7.16. The van der Waals surface area contributed by atoms with E-state index < -0.39 is 0 Å². The Hall–Kier alpha value is -2.30. The van der Waals surface area contributed by atoms with Crippen molar-refractivity contribution in [3.8, 4) is 5.69 Å². The lowest BCUT2D eigenvalue weighted by Gasteiger charge is -2.06. The molecule has 0 spiro atoms. The van der Waals surface area contributed by atoms with Crippen molar-refractivity contribution in [3.63, 3.8) is 0 Å². The van der Waals surface area contributed by atoms with E-state index in [4.69, 9.17) is 5.73 Å². The van der Waals surface area contributed by atoms with E-state index in [0.717, 1.165) is 5.69 Å². The molecule has 5 nitrogen and oxygen atoms in total. The second kappa shape index (κ2) is 4.91. The first kappa shape index (κ1) is 13.7. The van der Waals surface area contributed by atoms with Gasteiger partial charge in [0.1, 0.15) is 0 Å². The molecule has 1 amide bonds. The van der Waals surface area contributed by atoms with Gasteiger partial charge in [0.15, 0.2) is 5.69 Å². The smallest absolute Gasteiger partial charge is 0.271 e. The number of nitrogen functional groups attached to an aromatic ring is 1. The Bertz CT molecular complexity index is 674. The number of hydrogen-bond acceptors (Lipinski definition) is 3. The standard InChI is InChI=1S/C16H20N4O/c1-16(2)9-11(16)10-18-15(21)13-7-8-20(19-13)14-6-4-3-5-12(14)17/h3-8,11H,9-10,17H2,1-2H3,(H,18,21). The number of carbonyl (C=O) groups is 1. The summed E-state index contributed by atoms with van der Waals surface area (Å²) in [5, 5.41) is 7.25. The van der Waals surface area contributed by atoms with Gasteiger partial charge in [0.05, 0.1) is 11.4 Å². The fourth-order valence-corrected chi connectivity index (χ4v) is 2.51. The van der Waals surface area contributed by atoms with Gasteiger partial charge < -0.3 is 11.1 Å². The third kappa shape index (κ3) is 2.77. The Morgan fingerprint density at radius 1 is 1.43 bits per heavy atom. The molecule has 1 aromatic carbocycles. The van der Waals surface area contributed by atoms with Gasteiger partial charge in [-0.25, -0.2) is 4.68 Å². The van der Waals surface area contributed by atoms with Gasteiger partial charge in [-0.2, -0.15) is 5.10 Å². The molecule has 1 aliphatic carbocycles. The molecule has 0 saturated heterocycles. The lowest BCUT2D eigenvalue weighted by molar-refractivity contribution is 0.0945. The number of aromatic nitrogens is 2. The first-order chi connectivity index (χ1) is 9.97. The van der Waals surface area contributed by atoms with Gasteiger partial charge in [0.2, 0.25) is 0 Å². The van der Waals surface area contributed by atoms with E-state index in [0.29, 0.717) is 29.3 Å². The molecule has 2 aromatic rings. The summed E-state index contributed by atoms with van der Waals surface area (Å²) in [6.45, 7) is 5.15. The number of hydrogen-bond donors (Lipinski definition) is 2. The van der Waals surface area contributed by atoms with Gasteiger partial charge in [0.25, 0.3) is 5.91 Å². The summed E-state index contributed by atoms with van der Waals surface area (Å²) in [6, 6.07) is 9.15. The van der Waals surface area contributed by atoms with Gasteiger partial charge in [0, 0.05) is 12.7 Å². The van der Waals surface area contributed by atoms with E-state index in [9.17, 15) is 4.79 Å². The van der Waals surface area contributed by atoms with Gasteiger partial charge in [-0.1, -0.05) is 26.0 Å². The van der Waals surface area contributed by atoms with Crippen molar-refractivity contribution in [2.75, 3.05) is 12.3 Å². The van der Waals surface area contributed by atoms with Crippen molar-refractivity contribution >= 4 is 11.6 Å². The lowest BCUT2D eigenvalue weighted by atomic mass is 10.1. The van der Waals surface area contributed by atoms with Crippen LogP contribution >= 0.6 is 0 Å². The van der Waals surface area contributed by atoms with Gasteiger partial charge in [-0.05, 0) is 36.0 Å².